The molecule has 1 heterocycles. The largest absolute Gasteiger partial charge is 0.309 e. The Balaban J connectivity index is 1.14. The van der Waals surface area contributed by atoms with E-state index in [1.165, 1.54) is 32.9 Å². The maximum atomic E-state index is 13.3. The number of hydrogen-bond donors (Lipinski definition) is 0. The summed E-state index contributed by atoms with van der Waals surface area (Å²) in [7, 11) is 0. The van der Waals surface area contributed by atoms with E-state index in [0.29, 0.717) is 0 Å². The van der Waals surface area contributed by atoms with Gasteiger partial charge < -0.3 is 4.57 Å². The number of carbonyl (C=O) groups excluding carboxylic acids is 1. The fourth-order valence-corrected chi connectivity index (χ4v) is 6.98. The number of hydrogen-bond acceptors (Lipinski definition) is 1. The smallest absolute Gasteiger partial charge is 0.194 e. The van der Waals surface area contributed by atoms with Crippen molar-refractivity contribution < 1.29 is 4.79 Å². The van der Waals surface area contributed by atoms with Crippen LogP contribution in [0.2, 0.25) is 0 Å². The predicted octanol–water partition coefficient (Wildman–Crippen LogP) is 10.3. The van der Waals surface area contributed by atoms with Crippen LogP contribution in [0.3, 0.4) is 0 Å². The molecule has 0 amide bonds. The summed E-state index contributed by atoms with van der Waals surface area (Å²) in [4.78, 5) is 13.3. The van der Waals surface area contributed by atoms with Gasteiger partial charge in [-0.05, 0) is 110 Å². The average Bonchev–Trinajstić information content (AvgIpc) is 3.52. The van der Waals surface area contributed by atoms with Crippen molar-refractivity contribution in [2.75, 3.05) is 0 Å². The number of carbonyl (C=O) groups is 1. The molecule has 0 spiro atoms. The van der Waals surface area contributed by atoms with Gasteiger partial charge in [-0.3, -0.25) is 4.79 Å². The topological polar surface area (TPSA) is 22.0 Å². The fourth-order valence-electron chi connectivity index (χ4n) is 6.98. The first-order valence-electron chi connectivity index (χ1n) is 15.4. The number of rotatable bonds is 2. The van der Waals surface area contributed by atoms with Crippen LogP contribution in [-0.4, -0.2) is 10.4 Å². The summed E-state index contributed by atoms with van der Waals surface area (Å²) in [5.41, 5.74) is 16.0. The Bertz CT molecular complexity index is 2340. The Morgan fingerprint density at radius 1 is 0.533 bits per heavy atom. The van der Waals surface area contributed by atoms with Crippen LogP contribution < -0.4 is 0 Å². The lowest BCUT2D eigenvalue weighted by Crippen LogP contribution is -1.98. The first kappa shape index (κ1) is 26.9. The molecule has 0 saturated carbocycles. The lowest BCUT2D eigenvalue weighted by atomic mass is 9.94. The number of fused-ring (bicyclic) bond motifs is 6. The molecule has 0 N–H and O–H groups in total. The minimum absolute atomic E-state index is 0.0978. The van der Waals surface area contributed by atoms with Crippen molar-refractivity contribution in [1.82, 2.24) is 4.57 Å². The summed E-state index contributed by atoms with van der Waals surface area (Å²) in [6, 6.07) is 40.2. The maximum Gasteiger partial charge on any atom is 0.194 e. The van der Waals surface area contributed by atoms with Gasteiger partial charge in [-0.25, -0.2) is 0 Å². The van der Waals surface area contributed by atoms with E-state index >= 15 is 0 Å². The zero-order valence-corrected chi connectivity index (χ0v) is 25.8. The highest BCUT2D eigenvalue weighted by Crippen LogP contribution is 2.41. The summed E-state index contributed by atoms with van der Waals surface area (Å²) in [6.07, 6.45) is 0. The second-order valence-electron chi connectivity index (χ2n) is 12.3. The minimum atomic E-state index is 0.0978. The van der Waals surface area contributed by atoms with E-state index in [-0.39, 0.29) is 5.78 Å². The van der Waals surface area contributed by atoms with Crippen LogP contribution in [0.4, 0.5) is 0 Å². The average molecular weight is 578 g/mol. The Hall–Kier alpha value is -5.65. The molecule has 0 atom stereocenters. The number of aryl methyl sites for hydroxylation is 4. The van der Waals surface area contributed by atoms with Gasteiger partial charge in [0.05, 0.1) is 11.0 Å². The fraction of sp³-hybridized carbons (Fsp3) is 0.0930. The van der Waals surface area contributed by atoms with Crippen molar-refractivity contribution in [3.8, 4) is 39.8 Å². The van der Waals surface area contributed by atoms with Crippen molar-refractivity contribution in [1.29, 1.82) is 0 Å². The summed E-state index contributed by atoms with van der Waals surface area (Å²) >= 11 is 0. The summed E-state index contributed by atoms with van der Waals surface area (Å²) < 4.78 is 2.38. The van der Waals surface area contributed by atoms with Crippen LogP contribution in [0.15, 0.2) is 115 Å². The molecule has 8 rings (SSSR count). The second kappa shape index (κ2) is 10.2. The van der Waals surface area contributed by atoms with E-state index < -0.39 is 0 Å². The maximum absolute atomic E-state index is 13.3. The van der Waals surface area contributed by atoms with Gasteiger partial charge in [-0.2, -0.15) is 0 Å². The van der Waals surface area contributed by atoms with Gasteiger partial charge >= 0.3 is 0 Å². The molecule has 0 radical (unpaired) electrons. The second-order valence-corrected chi connectivity index (χ2v) is 12.3. The van der Waals surface area contributed by atoms with Gasteiger partial charge in [0.15, 0.2) is 5.78 Å². The Morgan fingerprint density at radius 3 is 1.76 bits per heavy atom. The van der Waals surface area contributed by atoms with Gasteiger partial charge in [-0.15, -0.1) is 0 Å². The summed E-state index contributed by atoms with van der Waals surface area (Å²) in [5.74, 6) is 6.96. The molecule has 7 aromatic rings. The molecule has 0 unspecified atom stereocenters. The quantitative estimate of drug-likeness (QED) is 0.187. The third kappa shape index (κ3) is 4.32. The molecular weight excluding hydrogens is 546 g/mol. The van der Waals surface area contributed by atoms with Crippen LogP contribution in [0.5, 0.6) is 0 Å². The Kier molecular flexibility index (Phi) is 6.12. The van der Waals surface area contributed by atoms with Crippen molar-refractivity contribution in [3.63, 3.8) is 0 Å². The molecule has 2 nitrogen and oxygen atoms in total. The third-order valence-electron chi connectivity index (χ3n) is 9.13. The van der Waals surface area contributed by atoms with Crippen molar-refractivity contribution in [2.24, 2.45) is 0 Å². The van der Waals surface area contributed by atoms with Crippen LogP contribution >= 0.6 is 0 Å². The molecule has 0 saturated heterocycles. The first-order chi connectivity index (χ1) is 21.9. The zero-order valence-electron chi connectivity index (χ0n) is 25.8. The minimum Gasteiger partial charge on any atom is -0.309 e. The number of aromatic nitrogens is 1. The lowest BCUT2D eigenvalue weighted by molar-refractivity contribution is 0.104. The van der Waals surface area contributed by atoms with Crippen LogP contribution in [0, 0.1) is 39.5 Å². The van der Waals surface area contributed by atoms with E-state index in [0.717, 1.165) is 61.3 Å². The number of nitrogens with zero attached hydrogens (tertiary/aromatic N) is 1. The molecule has 6 aromatic carbocycles. The SMILES string of the molecule is Cc1ccc2c(c1)c1cc(C)ccc1n2-c1cc(C)c(C#Cc2ccc(-c3cccc4c3C(=O)c3ccccc3-4)cc2)c(C)c1. The molecule has 45 heavy (non-hydrogen) atoms. The summed E-state index contributed by atoms with van der Waals surface area (Å²) in [6.45, 7) is 8.61. The molecule has 1 aromatic heterocycles. The third-order valence-corrected chi connectivity index (χ3v) is 9.13. The monoisotopic (exact) mass is 577 g/mol. The van der Waals surface area contributed by atoms with Crippen molar-refractivity contribution in [3.05, 3.63) is 160 Å². The number of ketones is 1. The van der Waals surface area contributed by atoms with Gasteiger partial charge in [0.1, 0.15) is 0 Å². The van der Waals surface area contributed by atoms with E-state index in [1.807, 2.05) is 42.5 Å². The normalized spacial score (nSPS) is 11.9. The van der Waals surface area contributed by atoms with E-state index in [2.05, 4.69) is 117 Å². The highest BCUT2D eigenvalue weighted by molar-refractivity contribution is 6.24. The lowest BCUT2D eigenvalue weighted by Gasteiger charge is -2.12. The predicted molar refractivity (Wildman–Crippen MR) is 186 cm³/mol. The van der Waals surface area contributed by atoms with Crippen molar-refractivity contribution >= 4 is 27.6 Å². The van der Waals surface area contributed by atoms with E-state index in [1.54, 1.807) is 0 Å². The van der Waals surface area contributed by atoms with Gasteiger partial charge in [-0.1, -0.05) is 89.7 Å². The van der Waals surface area contributed by atoms with Crippen LogP contribution in [0.25, 0.3) is 49.7 Å². The Labute approximate surface area is 263 Å². The van der Waals surface area contributed by atoms with E-state index in [4.69, 9.17) is 0 Å². The van der Waals surface area contributed by atoms with Gasteiger partial charge in [0.25, 0.3) is 0 Å². The molecule has 214 valence electrons. The van der Waals surface area contributed by atoms with E-state index in [9.17, 15) is 4.79 Å². The molecule has 0 bridgehead atoms. The highest BCUT2D eigenvalue weighted by atomic mass is 16.1. The molecule has 0 fully saturated rings. The molecule has 0 aliphatic heterocycles. The standard InChI is InChI=1S/C43H31NO/c1-26-12-20-40-38(22-26)39-23-27(2)13-21-41(39)44(40)32-24-28(3)33(29(4)25-32)19-16-30-14-17-31(18-15-30)34-10-7-11-36-35-8-5-6-9-37(35)43(45)42(34)36/h5-15,17-18,20-25H,1-4H3. The van der Waals surface area contributed by atoms with Crippen molar-refractivity contribution in [2.45, 2.75) is 27.7 Å². The van der Waals surface area contributed by atoms with Gasteiger partial charge in [0.2, 0.25) is 0 Å². The number of benzene rings is 6. The molecule has 1 aliphatic rings. The summed E-state index contributed by atoms with van der Waals surface area (Å²) in [5, 5.41) is 2.57. The highest BCUT2D eigenvalue weighted by Gasteiger charge is 2.28. The Morgan fingerprint density at radius 2 is 1.11 bits per heavy atom. The first-order valence-corrected chi connectivity index (χ1v) is 15.4. The van der Waals surface area contributed by atoms with Crippen LogP contribution in [-0.2, 0) is 0 Å². The molecule has 1 aliphatic carbocycles. The van der Waals surface area contributed by atoms with Gasteiger partial charge in [0, 0.05) is 38.7 Å². The molecular formula is C43H31NO. The zero-order chi connectivity index (χ0) is 30.8. The van der Waals surface area contributed by atoms with Crippen LogP contribution in [0.1, 0.15) is 49.3 Å². The molecule has 2 heteroatoms.